The lowest BCUT2D eigenvalue weighted by Gasteiger charge is -2.07. The van der Waals surface area contributed by atoms with Gasteiger partial charge in [0, 0.05) is 17.2 Å². The summed E-state index contributed by atoms with van der Waals surface area (Å²) in [4.78, 5) is 20.9. The molecular formula is C13H7ClFNO5. The van der Waals surface area contributed by atoms with Crippen LogP contribution in [0.5, 0.6) is 11.5 Å². The molecule has 2 aromatic carbocycles. The van der Waals surface area contributed by atoms with Gasteiger partial charge in [-0.2, -0.15) is 0 Å². The quantitative estimate of drug-likeness (QED) is 0.683. The highest BCUT2D eigenvalue weighted by atomic mass is 35.5. The Balaban J connectivity index is 2.37. The van der Waals surface area contributed by atoms with E-state index < -0.39 is 22.3 Å². The fourth-order valence-corrected chi connectivity index (χ4v) is 1.75. The molecule has 0 atom stereocenters. The number of halogens is 2. The second-order valence-corrected chi connectivity index (χ2v) is 4.35. The molecule has 0 saturated carbocycles. The zero-order valence-electron chi connectivity index (χ0n) is 10.2. The topological polar surface area (TPSA) is 89.7 Å². The first kappa shape index (κ1) is 14.7. The summed E-state index contributed by atoms with van der Waals surface area (Å²) in [6, 6.07) is 6.79. The van der Waals surface area contributed by atoms with Gasteiger partial charge >= 0.3 is 11.7 Å². The molecular weight excluding hydrogens is 305 g/mol. The molecule has 8 heteroatoms. The molecule has 2 rings (SSSR count). The molecule has 0 bridgehead atoms. The van der Waals surface area contributed by atoms with Gasteiger partial charge in [-0.15, -0.1) is 0 Å². The lowest BCUT2D eigenvalue weighted by Crippen LogP contribution is -2.00. The molecule has 0 unspecified atom stereocenters. The Morgan fingerprint density at radius 3 is 2.57 bits per heavy atom. The molecule has 0 heterocycles. The third kappa shape index (κ3) is 3.26. The third-order valence-electron chi connectivity index (χ3n) is 2.52. The molecule has 0 spiro atoms. The van der Waals surface area contributed by atoms with Crippen molar-refractivity contribution in [2.75, 3.05) is 0 Å². The number of benzene rings is 2. The van der Waals surface area contributed by atoms with Crippen LogP contribution in [0.4, 0.5) is 10.1 Å². The molecule has 108 valence electrons. The van der Waals surface area contributed by atoms with Crippen molar-refractivity contribution in [3.05, 3.63) is 62.9 Å². The second-order valence-electron chi connectivity index (χ2n) is 3.92. The van der Waals surface area contributed by atoms with E-state index in [0.717, 1.165) is 18.2 Å². The van der Waals surface area contributed by atoms with E-state index in [0.29, 0.717) is 0 Å². The van der Waals surface area contributed by atoms with E-state index in [1.54, 1.807) is 0 Å². The van der Waals surface area contributed by atoms with Crippen molar-refractivity contribution >= 4 is 23.3 Å². The highest BCUT2D eigenvalue weighted by molar-refractivity contribution is 6.30. The Hall–Kier alpha value is -2.67. The van der Waals surface area contributed by atoms with Crippen LogP contribution < -0.4 is 4.74 Å². The molecule has 0 amide bonds. The van der Waals surface area contributed by atoms with Crippen LogP contribution in [-0.4, -0.2) is 16.0 Å². The third-order valence-corrected chi connectivity index (χ3v) is 2.75. The molecule has 0 radical (unpaired) electrons. The number of aromatic carboxylic acids is 1. The first-order valence-electron chi connectivity index (χ1n) is 5.53. The number of carboxylic acids is 1. The highest BCUT2D eigenvalue weighted by Gasteiger charge is 2.18. The van der Waals surface area contributed by atoms with Gasteiger partial charge in [-0.05, 0) is 24.3 Å². The highest BCUT2D eigenvalue weighted by Crippen LogP contribution is 2.33. The van der Waals surface area contributed by atoms with Crippen molar-refractivity contribution in [3.8, 4) is 11.5 Å². The van der Waals surface area contributed by atoms with Crippen LogP contribution in [0.3, 0.4) is 0 Å². The second kappa shape index (κ2) is 5.76. The minimum atomic E-state index is -1.42. The van der Waals surface area contributed by atoms with E-state index in [4.69, 9.17) is 21.4 Å². The summed E-state index contributed by atoms with van der Waals surface area (Å²) in [5, 5.41) is 19.8. The number of ether oxygens (including phenoxy) is 1. The van der Waals surface area contributed by atoms with Crippen LogP contribution in [0.25, 0.3) is 0 Å². The van der Waals surface area contributed by atoms with Crippen LogP contribution in [0.1, 0.15) is 10.4 Å². The maximum Gasteiger partial charge on any atom is 0.338 e. The average Bonchev–Trinajstić information content (AvgIpc) is 2.40. The zero-order chi connectivity index (χ0) is 15.6. The van der Waals surface area contributed by atoms with Crippen LogP contribution in [0.15, 0.2) is 36.4 Å². The molecule has 0 saturated heterocycles. The summed E-state index contributed by atoms with van der Waals surface area (Å²) in [5.74, 6) is -2.62. The van der Waals surface area contributed by atoms with Crippen LogP contribution >= 0.6 is 11.6 Å². The number of carbonyl (C=O) groups is 1. The Morgan fingerprint density at radius 1 is 1.29 bits per heavy atom. The van der Waals surface area contributed by atoms with Gasteiger partial charge < -0.3 is 9.84 Å². The molecule has 6 nitrogen and oxygen atoms in total. The van der Waals surface area contributed by atoms with E-state index in [2.05, 4.69) is 0 Å². The fourth-order valence-electron chi connectivity index (χ4n) is 1.58. The van der Waals surface area contributed by atoms with Crippen molar-refractivity contribution in [1.29, 1.82) is 0 Å². The Labute approximate surface area is 122 Å². The molecule has 21 heavy (non-hydrogen) atoms. The summed E-state index contributed by atoms with van der Waals surface area (Å²) >= 11 is 5.66. The molecule has 0 aromatic heterocycles. The van der Waals surface area contributed by atoms with Gasteiger partial charge in [-0.1, -0.05) is 11.6 Å². The van der Waals surface area contributed by atoms with Crippen molar-refractivity contribution in [3.63, 3.8) is 0 Å². The minimum absolute atomic E-state index is 0.0667. The number of nitro benzene ring substituents is 1. The summed E-state index contributed by atoms with van der Waals surface area (Å²) in [6.45, 7) is 0. The number of nitrogens with zero attached hydrogens (tertiary/aromatic N) is 1. The van der Waals surface area contributed by atoms with Gasteiger partial charge in [0.1, 0.15) is 11.6 Å². The predicted octanol–water partition coefficient (Wildman–Crippen LogP) is 3.88. The monoisotopic (exact) mass is 311 g/mol. The fraction of sp³-hybridized carbons (Fsp3) is 0. The van der Waals surface area contributed by atoms with E-state index in [-0.39, 0.29) is 22.2 Å². The molecule has 1 N–H and O–H groups in total. The largest absolute Gasteiger partial charge is 0.478 e. The Morgan fingerprint density at radius 2 is 2.00 bits per heavy atom. The van der Waals surface area contributed by atoms with Gasteiger partial charge in [0.2, 0.25) is 5.75 Å². The van der Waals surface area contributed by atoms with Crippen molar-refractivity contribution in [1.82, 2.24) is 0 Å². The lowest BCUT2D eigenvalue weighted by atomic mass is 10.2. The van der Waals surface area contributed by atoms with Crippen LogP contribution in [0.2, 0.25) is 5.02 Å². The number of carboxylic acid groups (broad SMARTS) is 1. The number of hydrogen-bond donors (Lipinski definition) is 1. The first-order chi connectivity index (χ1) is 9.88. The van der Waals surface area contributed by atoms with Crippen molar-refractivity contribution in [2.24, 2.45) is 0 Å². The van der Waals surface area contributed by atoms with Gasteiger partial charge in [0.15, 0.2) is 0 Å². The predicted molar refractivity (Wildman–Crippen MR) is 71.5 cm³/mol. The van der Waals surface area contributed by atoms with Gasteiger partial charge in [0.05, 0.1) is 10.5 Å². The average molecular weight is 312 g/mol. The Kier molecular flexibility index (Phi) is 4.04. The maximum absolute atomic E-state index is 13.5. The van der Waals surface area contributed by atoms with E-state index in [9.17, 15) is 19.3 Å². The lowest BCUT2D eigenvalue weighted by molar-refractivity contribution is -0.385. The minimum Gasteiger partial charge on any atom is -0.478 e. The van der Waals surface area contributed by atoms with Gasteiger partial charge in [0.25, 0.3) is 0 Å². The van der Waals surface area contributed by atoms with E-state index in [1.807, 2.05) is 0 Å². The molecule has 0 aliphatic rings. The SMILES string of the molecule is O=C(O)c1ccc(Oc2ccc(Cl)cc2[N+](=O)[O-])cc1F. The zero-order valence-corrected chi connectivity index (χ0v) is 11.0. The van der Waals surface area contributed by atoms with Gasteiger partial charge in [-0.3, -0.25) is 10.1 Å². The summed E-state index contributed by atoms with van der Waals surface area (Å²) < 4.78 is 18.7. The number of rotatable bonds is 4. The first-order valence-corrected chi connectivity index (χ1v) is 5.91. The normalized spacial score (nSPS) is 10.2. The molecule has 2 aromatic rings. The smallest absolute Gasteiger partial charge is 0.338 e. The van der Waals surface area contributed by atoms with Crippen LogP contribution in [-0.2, 0) is 0 Å². The maximum atomic E-state index is 13.5. The summed E-state index contributed by atoms with van der Waals surface area (Å²) in [7, 11) is 0. The van der Waals surface area contributed by atoms with E-state index >= 15 is 0 Å². The molecule has 0 aliphatic carbocycles. The molecule has 0 fully saturated rings. The van der Waals surface area contributed by atoms with E-state index in [1.165, 1.54) is 18.2 Å². The van der Waals surface area contributed by atoms with Crippen molar-refractivity contribution < 1.29 is 24.0 Å². The van der Waals surface area contributed by atoms with Gasteiger partial charge in [-0.25, -0.2) is 9.18 Å². The van der Waals surface area contributed by atoms with Crippen molar-refractivity contribution in [2.45, 2.75) is 0 Å². The number of hydrogen-bond acceptors (Lipinski definition) is 4. The summed E-state index contributed by atoms with van der Waals surface area (Å²) in [5.41, 5.74) is -0.904. The standard InChI is InChI=1S/C13H7ClFNO5/c14-7-1-4-12(11(5-7)16(19)20)21-8-2-3-9(13(17)18)10(15)6-8/h1-6H,(H,17,18). The molecule has 0 aliphatic heterocycles. The number of nitro groups is 1. The Bertz CT molecular complexity index is 734. The summed E-state index contributed by atoms with van der Waals surface area (Å²) in [6.07, 6.45) is 0. The van der Waals surface area contributed by atoms with Crippen LogP contribution in [0, 0.1) is 15.9 Å².